The Bertz CT molecular complexity index is 394. The standard InChI is InChI=1S/C16H28N2/c1-12-6-7-15(14(3)13(12)2)8-9-18-11-16(4,5)10-17/h6-7,18H,8-11,17H2,1-5H3. The number of nitrogens with two attached hydrogens (primary N) is 1. The molecule has 2 nitrogen and oxygen atoms in total. The minimum absolute atomic E-state index is 0.193. The monoisotopic (exact) mass is 248 g/mol. The Morgan fingerprint density at radius 1 is 1.11 bits per heavy atom. The molecule has 2 heteroatoms. The zero-order valence-electron chi connectivity index (χ0n) is 12.6. The summed E-state index contributed by atoms with van der Waals surface area (Å²) < 4.78 is 0. The molecule has 0 fully saturated rings. The van der Waals surface area contributed by atoms with Gasteiger partial charge in [-0.25, -0.2) is 0 Å². The first-order valence-electron chi connectivity index (χ1n) is 6.84. The van der Waals surface area contributed by atoms with Crippen LogP contribution >= 0.6 is 0 Å². The lowest BCUT2D eigenvalue weighted by molar-refractivity contribution is 0.353. The van der Waals surface area contributed by atoms with Crippen LogP contribution < -0.4 is 11.1 Å². The second-order valence-corrected chi connectivity index (χ2v) is 6.09. The molecule has 0 atom stereocenters. The van der Waals surface area contributed by atoms with Crippen LogP contribution in [-0.2, 0) is 6.42 Å². The molecule has 0 amide bonds. The third kappa shape index (κ3) is 4.11. The molecular weight excluding hydrogens is 220 g/mol. The summed E-state index contributed by atoms with van der Waals surface area (Å²) in [5.74, 6) is 0. The van der Waals surface area contributed by atoms with Gasteiger partial charge < -0.3 is 11.1 Å². The fourth-order valence-electron chi connectivity index (χ4n) is 2.01. The van der Waals surface area contributed by atoms with E-state index in [0.717, 1.165) is 26.1 Å². The highest BCUT2D eigenvalue weighted by Crippen LogP contribution is 2.17. The van der Waals surface area contributed by atoms with E-state index in [4.69, 9.17) is 5.73 Å². The molecule has 0 unspecified atom stereocenters. The number of benzene rings is 1. The summed E-state index contributed by atoms with van der Waals surface area (Å²) in [5.41, 5.74) is 11.6. The first kappa shape index (κ1) is 15.2. The van der Waals surface area contributed by atoms with Crippen molar-refractivity contribution in [3.8, 4) is 0 Å². The molecule has 0 aromatic heterocycles. The molecule has 0 radical (unpaired) electrons. The molecule has 0 bridgehead atoms. The van der Waals surface area contributed by atoms with E-state index in [1.54, 1.807) is 0 Å². The van der Waals surface area contributed by atoms with Crippen LogP contribution in [0.25, 0.3) is 0 Å². The average molecular weight is 248 g/mol. The molecule has 0 aliphatic heterocycles. The molecule has 0 heterocycles. The minimum Gasteiger partial charge on any atom is -0.330 e. The summed E-state index contributed by atoms with van der Waals surface area (Å²) in [5, 5.41) is 3.51. The van der Waals surface area contributed by atoms with Gasteiger partial charge in [-0.2, -0.15) is 0 Å². The van der Waals surface area contributed by atoms with E-state index in [-0.39, 0.29) is 5.41 Å². The smallest absolute Gasteiger partial charge is 0.00147 e. The van der Waals surface area contributed by atoms with Crippen LogP contribution in [0.2, 0.25) is 0 Å². The molecule has 0 spiro atoms. The van der Waals surface area contributed by atoms with Gasteiger partial charge >= 0.3 is 0 Å². The normalized spacial score (nSPS) is 11.9. The van der Waals surface area contributed by atoms with Crippen molar-refractivity contribution in [2.24, 2.45) is 11.1 Å². The molecule has 18 heavy (non-hydrogen) atoms. The summed E-state index contributed by atoms with van der Waals surface area (Å²) in [6.45, 7) is 13.7. The van der Waals surface area contributed by atoms with Gasteiger partial charge in [-0.1, -0.05) is 26.0 Å². The van der Waals surface area contributed by atoms with Gasteiger partial charge in [0.1, 0.15) is 0 Å². The lowest BCUT2D eigenvalue weighted by Crippen LogP contribution is -2.36. The number of nitrogens with one attached hydrogen (secondary N) is 1. The topological polar surface area (TPSA) is 38.0 Å². The number of rotatable bonds is 6. The maximum absolute atomic E-state index is 5.72. The van der Waals surface area contributed by atoms with Crippen LogP contribution in [0.3, 0.4) is 0 Å². The van der Waals surface area contributed by atoms with E-state index >= 15 is 0 Å². The zero-order chi connectivity index (χ0) is 13.8. The highest BCUT2D eigenvalue weighted by atomic mass is 14.9. The molecule has 0 aliphatic rings. The van der Waals surface area contributed by atoms with E-state index in [9.17, 15) is 0 Å². The van der Waals surface area contributed by atoms with Crippen molar-refractivity contribution < 1.29 is 0 Å². The SMILES string of the molecule is Cc1ccc(CCNCC(C)(C)CN)c(C)c1C. The Kier molecular flexibility index (Phi) is 5.36. The fourth-order valence-corrected chi connectivity index (χ4v) is 2.01. The Balaban J connectivity index is 2.48. The highest BCUT2D eigenvalue weighted by molar-refractivity contribution is 5.38. The van der Waals surface area contributed by atoms with Crippen molar-refractivity contribution in [1.29, 1.82) is 0 Å². The summed E-state index contributed by atoms with van der Waals surface area (Å²) in [6, 6.07) is 4.48. The van der Waals surface area contributed by atoms with Gasteiger partial charge in [-0.3, -0.25) is 0 Å². The van der Waals surface area contributed by atoms with Gasteiger partial charge in [-0.15, -0.1) is 0 Å². The molecule has 1 aromatic carbocycles. The van der Waals surface area contributed by atoms with Crippen LogP contribution in [0.4, 0.5) is 0 Å². The van der Waals surface area contributed by atoms with E-state index < -0.39 is 0 Å². The van der Waals surface area contributed by atoms with Crippen molar-refractivity contribution in [3.63, 3.8) is 0 Å². The molecule has 0 saturated heterocycles. The first-order chi connectivity index (χ1) is 8.37. The lowest BCUT2D eigenvalue weighted by atomic mass is 9.93. The number of hydrogen-bond donors (Lipinski definition) is 2. The second kappa shape index (κ2) is 6.35. The summed E-state index contributed by atoms with van der Waals surface area (Å²) in [7, 11) is 0. The van der Waals surface area contributed by atoms with Crippen LogP contribution in [0.5, 0.6) is 0 Å². The van der Waals surface area contributed by atoms with Gasteiger partial charge in [0.2, 0.25) is 0 Å². The molecule has 0 saturated carbocycles. The minimum atomic E-state index is 0.193. The fraction of sp³-hybridized carbons (Fsp3) is 0.625. The van der Waals surface area contributed by atoms with Gasteiger partial charge in [0, 0.05) is 6.54 Å². The maximum Gasteiger partial charge on any atom is 0.00147 e. The number of aryl methyl sites for hydroxylation is 1. The quantitative estimate of drug-likeness (QED) is 0.760. The van der Waals surface area contributed by atoms with Crippen molar-refractivity contribution in [1.82, 2.24) is 5.32 Å². The van der Waals surface area contributed by atoms with E-state index in [1.165, 1.54) is 22.3 Å². The maximum atomic E-state index is 5.72. The predicted octanol–water partition coefficient (Wildman–Crippen LogP) is 2.73. The zero-order valence-corrected chi connectivity index (χ0v) is 12.6. The van der Waals surface area contributed by atoms with Crippen LogP contribution in [0.1, 0.15) is 36.1 Å². The third-order valence-corrected chi connectivity index (χ3v) is 3.90. The Morgan fingerprint density at radius 3 is 2.39 bits per heavy atom. The van der Waals surface area contributed by atoms with Gasteiger partial charge in [-0.05, 0) is 68.0 Å². The van der Waals surface area contributed by atoms with Gasteiger partial charge in [0.15, 0.2) is 0 Å². The molecule has 3 N–H and O–H groups in total. The highest BCUT2D eigenvalue weighted by Gasteiger charge is 2.14. The van der Waals surface area contributed by atoms with E-state index in [0.29, 0.717) is 0 Å². The summed E-state index contributed by atoms with van der Waals surface area (Å²) >= 11 is 0. The Labute approximate surface area is 112 Å². The van der Waals surface area contributed by atoms with E-state index in [1.807, 2.05) is 0 Å². The summed E-state index contributed by atoms with van der Waals surface area (Å²) in [4.78, 5) is 0. The average Bonchev–Trinajstić information content (AvgIpc) is 2.34. The predicted molar refractivity (Wildman–Crippen MR) is 80.1 cm³/mol. The van der Waals surface area contributed by atoms with Gasteiger partial charge in [0.25, 0.3) is 0 Å². The second-order valence-electron chi connectivity index (χ2n) is 6.09. The molecule has 102 valence electrons. The van der Waals surface area contributed by atoms with Crippen molar-refractivity contribution >= 4 is 0 Å². The van der Waals surface area contributed by atoms with Crippen LogP contribution in [0, 0.1) is 26.2 Å². The van der Waals surface area contributed by atoms with E-state index in [2.05, 4.69) is 52.1 Å². The molecule has 1 rings (SSSR count). The lowest BCUT2D eigenvalue weighted by Gasteiger charge is -2.22. The van der Waals surface area contributed by atoms with Crippen molar-refractivity contribution in [3.05, 3.63) is 34.4 Å². The first-order valence-corrected chi connectivity index (χ1v) is 6.84. The Hall–Kier alpha value is -0.860. The van der Waals surface area contributed by atoms with Crippen molar-refractivity contribution in [2.45, 2.75) is 41.0 Å². The molecule has 0 aliphatic carbocycles. The largest absolute Gasteiger partial charge is 0.330 e. The van der Waals surface area contributed by atoms with Gasteiger partial charge in [0.05, 0.1) is 0 Å². The Morgan fingerprint density at radius 2 is 1.78 bits per heavy atom. The molecular formula is C16H28N2. The van der Waals surface area contributed by atoms with Crippen molar-refractivity contribution in [2.75, 3.05) is 19.6 Å². The molecule has 1 aromatic rings. The van der Waals surface area contributed by atoms with Crippen LogP contribution in [0.15, 0.2) is 12.1 Å². The summed E-state index contributed by atoms with van der Waals surface area (Å²) in [6.07, 6.45) is 1.09. The van der Waals surface area contributed by atoms with Crippen LogP contribution in [-0.4, -0.2) is 19.6 Å². The third-order valence-electron chi connectivity index (χ3n) is 3.90. The number of hydrogen-bond acceptors (Lipinski definition) is 2.